The molecule has 0 aromatic carbocycles. The molecule has 0 aliphatic heterocycles. The summed E-state index contributed by atoms with van der Waals surface area (Å²) in [4.78, 5) is 28.6. The van der Waals surface area contributed by atoms with Gasteiger partial charge in [-0.2, -0.15) is 0 Å². The van der Waals surface area contributed by atoms with Crippen molar-refractivity contribution in [3.63, 3.8) is 0 Å². The fourth-order valence-electron chi connectivity index (χ4n) is 3.74. The number of nitrogens with zero attached hydrogens (tertiary/aromatic N) is 4. The zero-order valence-electron chi connectivity index (χ0n) is 30.8. The van der Waals surface area contributed by atoms with Gasteiger partial charge in [-0.05, 0) is 84.3 Å². The predicted molar refractivity (Wildman–Crippen MR) is 192 cm³/mol. The Morgan fingerprint density at radius 1 is 0.766 bits per heavy atom. The summed E-state index contributed by atoms with van der Waals surface area (Å²) < 4.78 is 0.916. The molecule has 9 nitrogen and oxygen atoms in total. The number of carbonyl (C=O) groups is 1. The molecule has 2 N–H and O–H groups in total. The predicted octanol–water partition coefficient (Wildman–Crippen LogP) is -2.75. The van der Waals surface area contributed by atoms with Gasteiger partial charge in [-0.15, -0.1) is 0 Å². The average molecular weight is 789 g/mol. The van der Waals surface area contributed by atoms with Crippen LogP contribution in [0.1, 0.15) is 24.2 Å². The Bertz CT molecular complexity index is 1490. The normalized spacial score (nSPS) is 9.91. The van der Waals surface area contributed by atoms with Gasteiger partial charge in [0.2, 0.25) is 0 Å². The van der Waals surface area contributed by atoms with Gasteiger partial charge in [-0.1, -0.05) is 57.5 Å². The third-order valence-corrected chi connectivity index (χ3v) is 10.8. The van der Waals surface area contributed by atoms with E-state index < -0.39 is 23.3 Å². The number of aryl methyl sites for hydroxylation is 4. The molecule has 4 aromatic heterocycles. The van der Waals surface area contributed by atoms with Crippen LogP contribution in [0.15, 0.2) is 65.5 Å². The van der Waals surface area contributed by atoms with Crippen LogP contribution < -0.4 is 124 Å². The van der Waals surface area contributed by atoms with Crippen LogP contribution in [-0.4, -0.2) is 68.1 Å². The van der Waals surface area contributed by atoms with Gasteiger partial charge in [0.15, 0.2) is 0 Å². The standard InChI is InChI=1S/C15H20N2Si.C8H12BrNSi.C7H10BNO2.CH2O3.B.2K.H/c1-11-6-8-14(12(2)17-11)15-9-7-13(10-16-15)18(3,4)5;1-11(2,3)7-4-5-8(9)10-6-7;1-5-3-4-7(8(10)11)6(2)9-5;2-1-4-3;;;;/h6-10H,1-5H3;4-6H,1-3H3;3-4,10-11H,1-2H3;1,3H;;;;/q;;;;;2*+1;-1/p-1. The summed E-state index contributed by atoms with van der Waals surface area (Å²) in [7, 11) is -3.81. The van der Waals surface area contributed by atoms with Crippen LogP contribution >= 0.6 is 15.9 Å². The van der Waals surface area contributed by atoms with Crippen LogP contribution in [0.5, 0.6) is 0 Å². The summed E-state index contributed by atoms with van der Waals surface area (Å²) in [5.41, 5.74) is 6.26. The van der Waals surface area contributed by atoms with Crippen molar-refractivity contribution < 1.29 is 129 Å². The molecule has 0 saturated carbocycles. The van der Waals surface area contributed by atoms with Gasteiger partial charge in [0, 0.05) is 54.6 Å². The van der Waals surface area contributed by atoms with E-state index in [9.17, 15) is 0 Å². The second-order valence-electron chi connectivity index (χ2n) is 12.1. The number of aromatic nitrogens is 4. The molecule has 0 fully saturated rings. The fourth-order valence-corrected chi connectivity index (χ4v) is 6.05. The zero-order valence-corrected chi connectivity index (χ0v) is 39.6. The van der Waals surface area contributed by atoms with Crippen molar-refractivity contribution in [1.82, 2.24) is 19.9 Å². The Kier molecular flexibility index (Phi) is 27.7. The van der Waals surface area contributed by atoms with E-state index in [1.54, 1.807) is 19.1 Å². The van der Waals surface area contributed by atoms with E-state index in [0.29, 0.717) is 11.2 Å². The Morgan fingerprint density at radius 2 is 1.21 bits per heavy atom. The summed E-state index contributed by atoms with van der Waals surface area (Å²) in [6.07, 6.45) is 4.00. The van der Waals surface area contributed by atoms with Crippen molar-refractivity contribution in [2.75, 3.05) is 0 Å². The topological polar surface area (TPSA) is 141 Å². The molecule has 241 valence electrons. The van der Waals surface area contributed by atoms with Crippen molar-refractivity contribution in [1.29, 1.82) is 0 Å². The second kappa shape index (κ2) is 25.3. The van der Waals surface area contributed by atoms with E-state index in [2.05, 4.69) is 104 Å². The molecule has 0 aliphatic rings. The smallest absolute Gasteiger partial charge is 1.00 e. The molecule has 4 aromatic rings. The van der Waals surface area contributed by atoms with Crippen LogP contribution in [0, 0.1) is 27.7 Å². The van der Waals surface area contributed by atoms with Crippen molar-refractivity contribution >= 4 is 69.9 Å². The van der Waals surface area contributed by atoms with Crippen molar-refractivity contribution in [2.24, 2.45) is 0 Å². The van der Waals surface area contributed by atoms with Crippen LogP contribution in [0.4, 0.5) is 0 Å². The van der Waals surface area contributed by atoms with Gasteiger partial charge in [-0.3, -0.25) is 19.7 Å². The molecule has 4 rings (SSSR count). The van der Waals surface area contributed by atoms with Gasteiger partial charge in [-0.25, -0.2) is 4.98 Å². The van der Waals surface area contributed by atoms with Crippen LogP contribution in [0.3, 0.4) is 0 Å². The summed E-state index contributed by atoms with van der Waals surface area (Å²) in [6.45, 7) is 21.4. The molecular formula is C31H44B2BrK2N4O5Si2. The van der Waals surface area contributed by atoms with Crippen molar-refractivity contribution in [3.05, 3.63) is 88.3 Å². The minimum absolute atomic E-state index is 0. The molecule has 4 heterocycles. The first-order chi connectivity index (χ1) is 20.4. The molecule has 3 radical (unpaired) electrons. The van der Waals surface area contributed by atoms with Gasteiger partial charge in [0.25, 0.3) is 6.47 Å². The number of rotatable bonds is 5. The largest absolute Gasteiger partial charge is 1.00 e. The summed E-state index contributed by atoms with van der Waals surface area (Å²) >= 11 is 3.32. The number of hydrogen-bond donors (Lipinski definition) is 2. The first-order valence-corrected chi connectivity index (χ1v) is 21.8. The van der Waals surface area contributed by atoms with Crippen molar-refractivity contribution in [2.45, 2.75) is 67.0 Å². The summed E-state index contributed by atoms with van der Waals surface area (Å²) in [5, 5.41) is 28.8. The Hall–Kier alpha value is 0.266. The number of pyridine rings is 4. The maximum atomic E-state index is 8.81. The average Bonchev–Trinajstić information content (AvgIpc) is 2.93. The number of carbonyl (C=O) groups excluding carboxylic acids is 1. The minimum atomic E-state index is -1.41. The maximum absolute atomic E-state index is 8.81. The molecule has 0 spiro atoms. The van der Waals surface area contributed by atoms with Crippen LogP contribution in [0.2, 0.25) is 39.3 Å². The fraction of sp³-hybridized carbons (Fsp3) is 0.323. The van der Waals surface area contributed by atoms with E-state index in [0.717, 1.165) is 32.9 Å². The van der Waals surface area contributed by atoms with Crippen LogP contribution in [0.25, 0.3) is 11.3 Å². The summed E-state index contributed by atoms with van der Waals surface area (Å²) in [6, 6.07) is 16.1. The number of hydrogen-bond acceptors (Lipinski definition) is 9. The Labute approximate surface area is 379 Å². The van der Waals surface area contributed by atoms with Gasteiger partial charge in [0.1, 0.15) is 4.60 Å². The van der Waals surface area contributed by atoms with Gasteiger partial charge in [0.05, 0.1) is 21.8 Å². The van der Waals surface area contributed by atoms with Gasteiger partial charge < -0.3 is 21.6 Å². The molecule has 0 bridgehead atoms. The van der Waals surface area contributed by atoms with Crippen molar-refractivity contribution in [3.8, 4) is 11.3 Å². The third-order valence-electron chi connectivity index (χ3n) is 6.31. The molecule has 16 heteroatoms. The molecule has 0 amide bonds. The summed E-state index contributed by atoms with van der Waals surface area (Å²) in [5.74, 6) is 0. The first kappa shape index (κ1) is 51.6. The van der Waals surface area contributed by atoms with E-state index in [1.807, 2.05) is 45.3 Å². The zero-order chi connectivity index (χ0) is 33.7. The molecule has 0 aliphatic carbocycles. The second-order valence-corrected chi connectivity index (χ2v) is 23.0. The number of halogens is 1. The third kappa shape index (κ3) is 20.0. The quantitative estimate of drug-likeness (QED) is 0.0725. The van der Waals surface area contributed by atoms with E-state index in [1.165, 1.54) is 10.4 Å². The van der Waals surface area contributed by atoms with E-state index in [4.69, 9.17) is 20.1 Å². The van der Waals surface area contributed by atoms with Gasteiger partial charge >= 0.3 is 110 Å². The Morgan fingerprint density at radius 3 is 1.55 bits per heavy atom. The minimum Gasteiger partial charge on any atom is -1.00 e. The first-order valence-electron chi connectivity index (χ1n) is 14.0. The molecule has 0 atom stereocenters. The van der Waals surface area contributed by atoms with Crippen LogP contribution in [-0.2, 0) is 9.68 Å². The molecular weight excluding hydrogens is 744 g/mol. The van der Waals surface area contributed by atoms with E-state index >= 15 is 0 Å². The molecule has 47 heavy (non-hydrogen) atoms. The molecule has 0 saturated heterocycles. The maximum Gasteiger partial charge on any atom is 1.00 e. The monoisotopic (exact) mass is 787 g/mol. The SMILES string of the molecule is C[Si](C)(C)c1ccc(Br)nc1.Cc1ccc(-c2ccc([Si](C)(C)C)cn2)c(C)n1.Cc1ccc(B(O)O)c(C)n1.O=CO[O-].[B].[H-].[K+].[K+]. The van der Waals surface area contributed by atoms with E-state index in [-0.39, 0.29) is 119 Å². The molecule has 0 unspecified atom stereocenters. The Balaban J connectivity index is -0.000000285.